The zero-order chi connectivity index (χ0) is 16.4. The second-order valence-electron chi connectivity index (χ2n) is 4.87. The molecule has 0 aromatic heterocycles. The molecule has 0 aliphatic carbocycles. The summed E-state index contributed by atoms with van der Waals surface area (Å²) in [5.41, 5.74) is 1.52. The van der Waals surface area contributed by atoms with Gasteiger partial charge in [-0.15, -0.1) is 0 Å². The van der Waals surface area contributed by atoms with E-state index in [2.05, 4.69) is 17.6 Å². The Balaban J connectivity index is 2.49. The molecule has 0 saturated heterocycles. The van der Waals surface area contributed by atoms with Crippen LogP contribution in [0.25, 0.3) is 0 Å². The highest BCUT2D eigenvalue weighted by Crippen LogP contribution is 2.32. The number of ether oxygens (including phenoxy) is 3. The van der Waals surface area contributed by atoms with Crippen LogP contribution >= 0.6 is 0 Å². The summed E-state index contributed by atoms with van der Waals surface area (Å²) in [5, 5.41) is 5.55. The first kappa shape index (κ1) is 18.1. The Kier molecular flexibility index (Phi) is 8.14. The Morgan fingerprint density at radius 2 is 1.86 bits per heavy atom. The van der Waals surface area contributed by atoms with Crippen LogP contribution in [0, 0.1) is 6.92 Å². The fourth-order valence-electron chi connectivity index (χ4n) is 1.94. The van der Waals surface area contributed by atoms with E-state index in [4.69, 9.17) is 14.2 Å². The van der Waals surface area contributed by atoms with Crippen molar-refractivity contribution >= 4 is 11.7 Å². The standard InChI is InChI=1S/C16H26N2O4/c1-5-8-22-9-6-7-17-16(19)18-13-11-14(20-3)12(2)10-15(13)21-4/h10-11H,5-9H2,1-4H3,(H2,17,18,19). The summed E-state index contributed by atoms with van der Waals surface area (Å²) in [6.07, 6.45) is 1.78. The average Bonchev–Trinajstić information content (AvgIpc) is 2.52. The molecule has 2 amide bonds. The molecule has 0 unspecified atom stereocenters. The van der Waals surface area contributed by atoms with Crippen molar-refractivity contribution in [3.8, 4) is 11.5 Å². The lowest BCUT2D eigenvalue weighted by Gasteiger charge is -2.14. The van der Waals surface area contributed by atoms with Crippen molar-refractivity contribution in [2.45, 2.75) is 26.7 Å². The summed E-state index contributed by atoms with van der Waals surface area (Å²) in [4.78, 5) is 11.9. The van der Waals surface area contributed by atoms with Gasteiger partial charge in [0.25, 0.3) is 0 Å². The smallest absolute Gasteiger partial charge is 0.319 e. The first-order valence-electron chi connectivity index (χ1n) is 7.47. The van der Waals surface area contributed by atoms with E-state index in [0.29, 0.717) is 30.3 Å². The van der Waals surface area contributed by atoms with Crippen LogP contribution in [-0.4, -0.2) is 40.0 Å². The van der Waals surface area contributed by atoms with E-state index in [0.717, 1.165) is 25.0 Å². The number of methoxy groups -OCH3 is 2. The van der Waals surface area contributed by atoms with Crippen molar-refractivity contribution in [2.24, 2.45) is 0 Å². The normalized spacial score (nSPS) is 10.2. The number of carbonyl (C=O) groups excluding carboxylic acids is 1. The van der Waals surface area contributed by atoms with Gasteiger partial charge in [-0.3, -0.25) is 0 Å². The Bertz CT molecular complexity index is 477. The highest BCUT2D eigenvalue weighted by Gasteiger charge is 2.11. The maximum absolute atomic E-state index is 11.9. The predicted octanol–water partition coefficient (Wildman–Crippen LogP) is 2.95. The summed E-state index contributed by atoms with van der Waals surface area (Å²) >= 11 is 0. The summed E-state index contributed by atoms with van der Waals surface area (Å²) in [6, 6.07) is 3.30. The SMILES string of the molecule is CCCOCCCNC(=O)Nc1cc(OC)c(C)cc1OC. The second kappa shape index (κ2) is 9.89. The Hall–Kier alpha value is -1.95. The summed E-state index contributed by atoms with van der Waals surface area (Å²) in [7, 11) is 3.16. The average molecular weight is 310 g/mol. The first-order chi connectivity index (χ1) is 10.6. The van der Waals surface area contributed by atoms with Crippen LogP contribution in [-0.2, 0) is 4.74 Å². The largest absolute Gasteiger partial charge is 0.496 e. The molecule has 2 N–H and O–H groups in total. The minimum absolute atomic E-state index is 0.278. The molecular formula is C16H26N2O4. The van der Waals surface area contributed by atoms with Gasteiger partial charge in [0, 0.05) is 25.8 Å². The van der Waals surface area contributed by atoms with E-state index in [1.807, 2.05) is 13.0 Å². The van der Waals surface area contributed by atoms with Crippen LogP contribution in [0.15, 0.2) is 12.1 Å². The Morgan fingerprint density at radius 3 is 2.50 bits per heavy atom. The van der Waals surface area contributed by atoms with E-state index in [9.17, 15) is 4.79 Å². The van der Waals surface area contributed by atoms with Crippen molar-refractivity contribution in [1.82, 2.24) is 5.32 Å². The fraction of sp³-hybridized carbons (Fsp3) is 0.562. The molecule has 0 radical (unpaired) electrons. The lowest BCUT2D eigenvalue weighted by Crippen LogP contribution is -2.30. The molecule has 22 heavy (non-hydrogen) atoms. The molecule has 6 nitrogen and oxygen atoms in total. The number of urea groups is 1. The monoisotopic (exact) mass is 310 g/mol. The molecule has 0 spiro atoms. The zero-order valence-corrected chi connectivity index (χ0v) is 13.8. The molecule has 0 bridgehead atoms. The van der Waals surface area contributed by atoms with Crippen molar-refractivity contribution in [2.75, 3.05) is 39.3 Å². The number of hydrogen-bond acceptors (Lipinski definition) is 4. The molecule has 6 heteroatoms. The lowest BCUT2D eigenvalue weighted by atomic mass is 10.2. The van der Waals surface area contributed by atoms with E-state index >= 15 is 0 Å². The van der Waals surface area contributed by atoms with Gasteiger partial charge >= 0.3 is 6.03 Å². The quantitative estimate of drug-likeness (QED) is 0.688. The van der Waals surface area contributed by atoms with Gasteiger partial charge in [0.2, 0.25) is 0 Å². The van der Waals surface area contributed by atoms with Gasteiger partial charge in [0.05, 0.1) is 19.9 Å². The highest BCUT2D eigenvalue weighted by atomic mass is 16.5. The third-order valence-corrected chi connectivity index (χ3v) is 3.06. The van der Waals surface area contributed by atoms with Crippen LogP contribution in [0.3, 0.4) is 0 Å². The van der Waals surface area contributed by atoms with Crippen LogP contribution in [0.1, 0.15) is 25.3 Å². The predicted molar refractivity (Wildman–Crippen MR) is 87.0 cm³/mol. The third kappa shape index (κ3) is 5.81. The molecule has 0 heterocycles. The first-order valence-corrected chi connectivity index (χ1v) is 7.47. The number of aryl methyl sites for hydroxylation is 1. The molecule has 0 saturated carbocycles. The topological polar surface area (TPSA) is 68.8 Å². The number of carbonyl (C=O) groups is 1. The molecule has 1 rings (SSSR count). The molecule has 1 aromatic rings. The number of nitrogens with one attached hydrogen (secondary N) is 2. The third-order valence-electron chi connectivity index (χ3n) is 3.06. The van der Waals surface area contributed by atoms with E-state index in [-0.39, 0.29) is 6.03 Å². The maximum Gasteiger partial charge on any atom is 0.319 e. The van der Waals surface area contributed by atoms with Gasteiger partial charge in [-0.25, -0.2) is 4.79 Å². The number of hydrogen-bond donors (Lipinski definition) is 2. The van der Waals surface area contributed by atoms with Gasteiger partial charge < -0.3 is 24.8 Å². The van der Waals surface area contributed by atoms with Crippen molar-refractivity contribution < 1.29 is 19.0 Å². The molecule has 1 aromatic carbocycles. The molecule has 0 atom stereocenters. The molecule has 0 aliphatic rings. The van der Waals surface area contributed by atoms with E-state index in [1.54, 1.807) is 20.3 Å². The van der Waals surface area contributed by atoms with Crippen molar-refractivity contribution in [3.63, 3.8) is 0 Å². The fourth-order valence-corrected chi connectivity index (χ4v) is 1.94. The minimum Gasteiger partial charge on any atom is -0.496 e. The number of rotatable bonds is 9. The number of anilines is 1. The Morgan fingerprint density at radius 1 is 1.14 bits per heavy atom. The molecular weight excluding hydrogens is 284 g/mol. The van der Waals surface area contributed by atoms with Crippen LogP contribution in [0.2, 0.25) is 0 Å². The minimum atomic E-state index is -0.278. The molecule has 0 aliphatic heterocycles. The number of benzene rings is 1. The van der Waals surface area contributed by atoms with Crippen molar-refractivity contribution in [3.05, 3.63) is 17.7 Å². The highest BCUT2D eigenvalue weighted by molar-refractivity contribution is 5.91. The van der Waals surface area contributed by atoms with Gasteiger partial charge in [-0.1, -0.05) is 6.92 Å². The maximum atomic E-state index is 11.9. The molecule has 0 fully saturated rings. The van der Waals surface area contributed by atoms with Gasteiger partial charge in [0.1, 0.15) is 11.5 Å². The summed E-state index contributed by atoms with van der Waals surface area (Å²) in [5.74, 6) is 1.30. The van der Waals surface area contributed by atoms with Crippen LogP contribution in [0.4, 0.5) is 10.5 Å². The Labute approximate surface area is 132 Å². The second-order valence-corrected chi connectivity index (χ2v) is 4.87. The van der Waals surface area contributed by atoms with Crippen molar-refractivity contribution in [1.29, 1.82) is 0 Å². The van der Waals surface area contributed by atoms with Gasteiger partial charge in [-0.05, 0) is 31.4 Å². The zero-order valence-electron chi connectivity index (χ0n) is 13.8. The van der Waals surface area contributed by atoms with Crippen LogP contribution in [0.5, 0.6) is 11.5 Å². The van der Waals surface area contributed by atoms with E-state index < -0.39 is 0 Å². The number of amides is 2. The van der Waals surface area contributed by atoms with E-state index in [1.165, 1.54) is 0 Å². The van der Waals surface area contributed by atoms with Gasteiger partial charge in [0.15, 0.2) is 0 Å². The molecule has 124 valence electrons. The lowest BCUT2D eigenvalue weighted by molar-refractivity contribution is 0.132. The van der Waals surface area contributed by atoms with Crippen LogP contribution < -0.4 is 20.1 Å². The summed E-state index contributed by atoms with van der Waals surface area (Å²) in [6.45, 7) is 5.94. The van der Waals surface area contributed by atoms with Gasteiger partial charge in [-0.2, -0.15) is 0 Å². The summed E-state index contributed by atoms with van der Waals surface area (Å²) < 4.78 is 15.9.